The van der Waals surface area contributed by atoms with Crippen LogP contribution in [-0.2, 0) is 4.74 Å². The molecule has 0 aromatic rings. The Hall–Kier alpha value is -0.120. The lowest BCUT2D eigenvalue weighted by atomic mass is 9.79. The molecule has 3 nitrogen and oxygen atoms in total. The smallest absolute Gasteiger partial charge is 0.0822 e. The van der Waals surface area contributed by atoms with Crippen molar-refractivity contribution in [2.45, 2.75) is 44.2 Å². The molecule has 0 spiro atoms. The summed E-state index contributed by atoms with van der Waals surface area (Å²) in [6.45, 7) is 4.56. The van der Waals surface area contributed by atoms with Gasteiger partial charge in [-0.15, -0.1) is 0 Å². The maximum Gasteiger partial charge on any atom is 0.0822 e. The predicted molar refractivity (Wildman–Crippen MR) is 55.2 cm³/mol. The average Bonchev–Trinajstić information content (AvgIpc) is 2.72. The van der Waals surface area contributed by atoms with Gasteiger partial charge in [-0.25, -0.2) is 0 Å². The molecule has 3 heteroatoms. The van der Waals surface area contributed by atoms with Gasteiger partial charge in [-0.1, -0.05) is 6.42 Å². The fourth-order valence-corrected chi connectivity index (χ4v) is 2.63. The van der Waals surface area contributed by atoms with E-state index in [4.69, 9.17) is 4.74 Å². The predicted octanol–water partition coefficient (Wildman–Crippen LogP) is 0.916. The van der Waals surface area contributed by atoms with E-state index in [0.717, 1.165) is 32.6 Å². The Balaban J connectivity index is 1.97. The van der Waals surface area contributed by atoms with E-state index < -0.39 is 5.60 Å². The molecule has 0 saturated carbocycles. The topological polar surface area (TPSA) is 41.5 Å². The number of ether oxygens (including phenoxy) is 1. The highest BCUT2D eigenvalue weighted by Crippen LogP contribution is 2.31. The maximum atomic E-state index is 10.5. The molecule has 2 saturated heterocycles. The summed E-state index contributed by atoms with van der Waals surface area (Å²) in [7, 11) is 0. The van der Waals surface area contributed by atoms with Crippen LogP contribution in [0.2, 0.25) is 0 Å². The van der Waals surface area contributed by atoms with Crippen LogP contribution in [-0.4, -0.2) is 36.5 Å². The highest BCUT2D eigenvalue weighted by molar-refractivity contribution is 4.96. The molecule has 0 aliphatic carbocycles. The fourth-order valence-electron chi connectivity index (χ4n) is 2.63. The molecule has 2 fully saturated rings. The van der Waals surface area contributed by atoms with Gasteiger partial charge in [-0.05, 0) is 32.7 Å². The van der Waals surface area contributed by atoms with Gasteiger partial charge in [-0.3, -0.25) is 0 Å². The lowest BCUT2D eigenvalue weighted by Gasteiger charge is -2.40. The van der Waals surface area contributed by atoms with Crippen LogP contribution in [0.4, 0.5) is 0 Å². The molecule has 0 aromatic carbocycles. The molecule has 0 amide bonds. The summed E-state index contributed by atoms with van der Waals surface area (Å²) in [5.74, 6) is 0.318. The molecule has 3 unspecified atom stereocenters. The number of hydrogen-bond donors (Lipinski definition) is 2. The van der Waals surface area contributed by atoms with E-state index in [9.17, 15) is 5.11 Å². The summed E-state index contributed by atoms with van der Waals surface area (Å²) in [6, 6.07) is 0.267. The minimum absolute atomic E-state index is 0.267. The van der Waals surface area contributed by atoms with Gasteiger partial charge in [-0.2, -0.15) is 0 Å². The van der Waals surface area contributed by atoms with E-state index in [1.54, 1.807) is 0 Å². The van der Waals surface area contributed by atoms with E-state index >= 15 is 0 Å². The largest absolute Gasteiger partial charge is 0.388 e. The second-order valence-electron chi connectivity index (χ2n) is 4.79. The van der Waals surface area contributed by atoms with Gasteiger partial charge in [0, 0.05) is 18.6 Å². The second-order valence-corrected chi connectivity index (χ2v) is 4.79. The number of rotatable bonds is 2. The Morgan fingerprint density at radius 3 is 2.79 bits per heavy atom. The Morgan fingerprint density at radius 1 is 1.36 bits per heavy atom. The van der Waals surface area contributed by atoms with Gasteiger partial charge in [0.05, 0.1) is 12.2 Å². The van der Waals surface area contributed by atoms with Crippen molar-refractivity contribution >= 4 is 0 Å². The number of nitrogens with one attached hydrogen (secondary N) is 1. The van der Waals surface area contributed by atoms with Crippen LogP contribution >= 0.6 is 0 Å². The van der Waals surface area contributed by atoms with Crippen molar-refractivity contribution in [2.24, 2.45) is 5.92 Å². The van der Waals surface area contributed by atoms with Gasteiger partial charge >= 0.3 is 0 Å². The summed E-state index contributed by atoms with van der Waals surface area (Å²) < 4.78 is 5.35. The zero-order valence-electron chi connectivity index (χ0n) is 8.96. The molecular weight excluding hydrogens is 178 g/mol. The molecule has 14 heavy (non-hydrogen) atoms. The second kappa shape index (κ2) is 4.17. The van der Waals surface area contributed by atoms with E-state index in [1.807, 2.05) is 6.92 Å². The van der Waals surface area contributed by atoms with Crippen molar-refractivity contribution in [1.82, 2.24) is 5.32 Å². The first-order valence-corrected chi connectivity index (χ1v) is 5.75. The monoisotopic (exact) mass is 199 g/mol. The molecule has 3 atom stereocenters. The summed E-state index contributed by atoms with van der Waals surface area (Å²) in [6.07, 6.45) is 4.59. The molecule has 2 heterocycles. The highest BCUT2D eigenvalue weighted by atomic mass is 16.5. The molecule has 2 aliphatic rings. The normalized spacial score (nSPS) is 38.1. The van der Waals surface area contributed by atoms with Crippen LogP contribution < -0.4 is 5.32 Å². The average molecular weight is 199 g/mol. The lowest BCUT2D eigenvalue weighted by Crippen LogP contribution is -2.55. The van der Waals surface area contributed by atoms with Crippen LogP contribution in [0.15, 0.2) is 0 Å². The summed E-state index contributed by atoms with van der Waals surface area (Å²) in [4.78, 5) is 0. The van der Waals surface area contributed by atoms with E-state index in [0.29, 0.717) is 5.92 Å². The summed E-state index contributed by atoms with van der Waals surface area (Å²) >= 11 is 0. The Morgan fingerprint density at radius 2 is 2.21 bits per heavy atom. The maximum absolute atomic E-state index is 10.5. The minimum atomic E-state index is -0.586. The van der Waals surface area contributed by atoms with E-state index in [1.165, 1.54) is 12.8 Å². The highest BCUT2D eigenvalue weighted by Gasteiger charge is 2.41. The zero-order valence-corrected chi connectivity index (χ0v) is 8.96. The Bertz CT molecular complexity index is 182. The SMILES string of the molecule is CC(O)(C1CCOC1)C1CCCCN1. The third-order valence-electron chi connectivity index (χ3n) is 3.77. The first-order chi connectivity index (χ1) is 6.71. The number of aliphatic hydroxyl groups is 1. The van der Waals surface area contributed by atoms with Crippen LogP contribution in [0.25, 0.3) is 0 Å². The molecule has 0 radical (unpaired) electrons. The Labute approximate surface area is 85.8 Å². The van der Waals surface area contributed by atoms with Crippen LogP contribution in [0.3, 0.4) is 0 Å². The number of piperidine rings is 1. The molecule has 0 aromatic heterocycles. The molecule has 2 N–H and O–H groups in total. The first-order valence-electron chi connectivity index (χ1n) is 5.75. The molecular formula is C11H21NO2. The molecule has 2 aliphatic heterocycles. The van der Waals surface area contributed by atoms with Crippen molar-refractivity contribution in [3.63, 3.8) is 0 Å². The van der Waals surface area contributed by atoms with Crippen molar-refractivity contribution in [2.75, 3.05) is 19.8 Å². The van der Waals surface area contributed by atoms with Crippen LogP contribution in [0, 0.1) is 5.92 Å². The van der Waals surface area contributed by atoms with Crippen molar-refractivity contribution in [3.8, 4) is 0 Å². The van der Waals surface area contributed by atoms with Crippen molar-refractivity contribution < 1.29 is 9.84 Å². The quantitative estimate of drug-likeness (QED) is 0.695. The Kier molecular flexibility index (Phi) is 3.10. The standard InChI is InChI=1S/C11H21NO2/c1-11(13,9-5-7-14-8-9)10-4-2-3-6-12-10/h9-10,12-13H,2-8H2,1H3. The zero-order chi connectivity index (χ0) is 10.0. The van der Waals surface area contributed by atoms with Crippen molar-refractivity contribution in [3.05, 3.63) is 0 Å². The molecule has 82 valence electrons. The first kappa shape index (κ1) is 10.4. The van der Waals surface area contributed by atoms with Gasteiger partial charge < -0.3 is 15.2 Å². The third kappa shape index (κ3) is 1.95. The van der Waals surface area contributed by atoms with Gasteiger partial charge in [0.1, 0.15) is 0 Å². The third-order valence-corrected chi connectivity index (χ3v) is 3.77. The summed E-state index contributed by atoms with van der Waals surface area (Å²) in [5.41, 5.74) is -0.586. The van der Waals surface area contributed by atoms with E-state index in [-0.39, 0.29) is 6.04 Å². The van der Waals surface area contributed by atoms with E-state index in [2.05, 4.69) is 5.32 Å². The molecule has 2 rings (SSSR count). The molecule has 0 bridgehead atoms. The fraction of sp³-hybridized carbons (Fsp3) is 1.00. The van der Waals surface area contributed by atoms with Gasteiger partial charge in [0.2, 0.25) is 0 Å². The minimum Gasteiger partial charge on any atom is -0.388 e. The van der Waals surface area contributed by atoms with Crippen LogP contribution in [0.5, 0.6) is 0 Å². The van der Waals surface area contributed by atoms with Crippen LogP contribution in [0.1, 0.15) is 32.6 Å². The summed E-state index contributed by atoms with van der Waals surface area (Å²) in [5, 5.41) is 13.9. The number of hydrogen-bond acceptors (Lipinski definition) is 3. The van der Waals surface area contributed by atoms with Gasteiger partial charge in [0.15, 0.2) is 0 Å². The van der Waals surface area contributed by atoms with Crippen molar-refractivity contribution in [1.29, 1.82) is 0 Å². The lowest BCUT2D eigenvalue weighted by molar-refractivity contribution is -0.0439. The van der Waals surface area contributed by atoms with Gasteiger partial charge in [0.25, 0.3) is 0 Å².